The summed E-state index contributed by atoms with van der Waals surface area (Å²) in [5.41, 5.74) is 6.93. The van der Waals surface area contributed by atoms with E-state index < -0.39 is 0 Å². The van der Waals surface area contributed by atoms with Gasteiger partial charge in [0, 0.05) is 30.5 Å². The highest BCUT2D eigenvalue weighted by Crippen LogP contribution is 2.27. The van der Waals surface area contributed by atoms with E-state index >= 15 is 0 Å². The van der Waals surface area contributed by atoms with Crippen LogP contribution in [0.2, 0.25) is 5.02 Å². The number of carbonyl (C=O) groups excluding carboxylic acids is 1. The van der Waals surface area contributed by atoms with Gasteiger partial charge < -0.3 is 11.1 Å². The number of carbonyl (C=O) groups is 1. The van der Waals surface area contributed by atoms with Crippen LogP contribution >= 0.6 is 22.9 Å². The van der Waals surface area contributed by atoms with Crippen LogP contribution < -0.4 is 11.1 Å². The lowest BCUT2D eigenvalue weighted by Crippen LogP contribution is -2.32. The molecule has 1 fully saturated rings. The molecule has 1 aromatic carbocycles. The number of fused-ring (bicyclic) bond motifs is 1. The van der Waals surface area contributed by atoms with Gasteiger partial charge in [0.25, 0.3) is 0 Å². The summed E-state index contributed by atoms with van der Waals surface area (Å²) in [5, 5.41) is 4.70. The largest absolute Gasteiger partial charge is 0.356 e. The fourth-order valence-electron chi connectivity index (χ4n) is 2.99. The summed E-state index contributed by atoms with van der Waals surface area (Å²) >= 11 is 7.61. The molecule has 2 aromatic rings. The van der Waals surface area contributed by atoms with Gasteiger partial charge in [-0.2, -0.15) is 0 Å². The van der Waals surface area contributed by atoms with Crippen molar-refractivity contribution in [3.63, 3.8) is 0 Å². The van der Waals surface area contributed by atoms with Gasteiger partial charge in [-0.05, 0) is 37.0 Å². The lowest BCUT2D eigenvalue weighted by molar-refractivity contribution is -0.122. The molecule has 0 radical (unpaired) electrons. The number of halogens is 1. The Labute approximate surface area is 139 Å². The van der Waals surface area contributed by atoms with Crippen molar-refractivity contribution in [2.45, 2.75) is 38.1 Å². The second kappa shape index (κ2) is 6.94. The van der Waals surface area contributed by atoms with E-state index in [1.165, 1.54) is 0 Å². The molecule has 1 aromatic heterocycles. The fraction of sp³-hybridized carbons (Fsp3) is 0.500. The Hall–Kier alpha value is -1.17. The van der Waals surface area contributed by atoms with Crippen LogP contribution in [0.25, 0.3) is 10.2 Å². The number of nitrogens with one attached hydrogen (secondary N) is 1. The minimum atomic E-state index is 0.103. The number of hydrogen-bond donors (Lipinski definition) is 2. The highest BCUT2D eigenvalue weighted by Gasteiger charge is 2.25. The number of amides is 1. The lowest BCUT2D eigenvalue weighted by Gasteiger charge is -2.14. The molecule has 2 atom stereocenters. The first kappa shape index (κ1) is 15.7. The SMILES string of the molecule is N[C@@H]1CCC[C@H]1CC(=O)NCCc1nc2cc(Cl)ccc2s1. The molecule has 1 amide bonds. The van der Waals surface area contributed by atoms with Gasteiger partial charge in [-0.25, -0.2) is 4.98 Å². The van der Waals surface area contributed by atoms with E-state index in [2.05, 4.69) is 10.3 Å². The van der Waals surface area contributed by atoms with Gasteiger partial charge in [0.1, 0.15) is 0 Å². The summed E-state index contributed by atoms with van der Waals surface area (Å²) in [7, 11) is 0. The molecule has 1 saturated carbocycles. The third-order valence-corrected chi connectivity index (χ3v) is 5.55. The monoisotopic (exact) mass is 337 g/mol. The number of benzene rings is 1. The van der Waals surface area contributed by atoms with Crippen LogP contribution in [-0.2, 0) is 11.2 Å². The van der Waals surface area contributed by atoms with E-state index in [0.29, 0.717) is 23.9 Å². The van der Waals surface area contributed by atoms with E-state index in [-0.39, 0.29) is 11.9 Å². The van der Waals surface area contributed by atoms with Crippen LogP contribution in [0.1, 0.15) is 30.7 Å². The predicted octanol–water partition coefficient (Wildman–Crippen LogP) is 3.13. The molecule has 3 N–H and O–H groups in total. The first-order chi connectivity index (χ1) is 10.6. The minimum absolute atomic E-state index is 0.103. The van der Waals surface area contributed by atoms with Crippen LogP contribution in [0.5, 0.6) is 0 Å². The van der Waals surface area contributed by atoms with Gasteiger partial charge in [0.05, 0.1) is 15.2 Å². The molecular weight excluding hydrogens is 318 g/mol. The second-order valence-electron chi connectivity index (χ2n) is 5.88. The average molecular weight is 338 g/mol. The number of hydrogen-bond acceptors (Lipinski definition) is 4. The number of nitrogens with two attached hydrogens (primary N) is 1. The molecule has 0 bridgehead atoms. The molecular formula is C16H20ClN3OS. The zero-order chi connectivity index (χ0) is 15.5. The Kier molecular flexibility index (Phi) is 4.96. The topological polar surface area (TPSA) is 68.0 Å². The van der Waals surface area contributed by atoms with Crippen molar-refractivity contribution in [2.24, 2.45) is 11.7 Å². The first-order valence-corrected chi connectivity index (χ1v) is 8.88. The van der Waals surface area contributed by atoms with Crippen molar-refractivity contribution in [1.82, 2.24) is 10.3 Å². The molecule has 0 spiro atoms. The van der Waals surface area contributed by atoms with Crippen molar-refractivity contribution in [2.75, 3.05) is 6.54 Å². The standard InChI is InChI=1S/C16H20ClN3OS/c17-11-4-5-14-13(9-11)20-16(22-14)6-7-19-15(21)8-10-2-1-3-12(10)18/h4-5,9-10,12H,1-3,6-8,18H2,(H,19,21)/t10-,12+/m0/s1. The quantitative estimate of drug-likeness (QED) is 0.880. The lowest BCUT2D eigenvalue weighted by atomic mass is 10.00. The first-order valence-electron chi connectivity index (χ1n) is 7.69. The Balaban J connectivity index is 1.48. The van der Waals surface area contributed by atoms with Crippen molar-refractivity contribution in [3.05, 3.63) is 28.2 Å². The molecule has 0 aliphatic heterocycles. The summed E-state index contributed by atoms with van der Waals surface area (Å²) in [6.07, 6.45) is 4.57. The summed E-state index contributed by atoms with van der Waals surface area (Å²) in [6, 6.07) is 5.92. The maximum atomic E-state index is 12.0. The molecule has 3 rings (SSSR count). The van der Waals surface area contributed by atoms with Gasteiger partial charge in [0.15, 0.2) is 0 Å². The van der Waals surface area contributed by atoms with Crippen molar-refractivity contribution < 1.29 is 4.79 Å². The molecule has 1 aliphatic rings. The smallest absolute Gasteiger partial charge is 0.220 e. The molecule has 6 heteroatoms. The van der Waals surface area contributed by atoms with Crippen LogP contribution in [0.15, 0.2) is 18.2 Å². The average Bonchev–Trinajstić information content (AvgIpc) is 3.05. The van der Waals surface area contributed by atoms with E-state index in [9.17, 15) is 4.79 Å². The van der Waals surface area contributed by atoms with Crippen LogP contribution in [0, 0.1) is 5.92 Å². The van der Waals surface area contributed by atoms with Crippen molar-refractivity contribution in [3.8, 4) is 0 Å². The Morgan fingerprint density at radius 3 is 3.09 bits per heavy atom. The zero-order valence-corrected chi connectivity index (χ0v) is 13.9. The van der Waals surface area contributed by atoms with Crippen LogP contribution in [0.3, 0.4) is 0 Å². The predicted molar refractivity (Wildman–Crippen MR) is 91.3 cm³/mol. The highest BCUT2D eigenvalue weighted by atomic mass is 35.5. The van der Waals surface area contributed by atoms with E-state index in [1.807, 2.05) is 18.2 Å². The number of thiazole rings is 1. The Morgan fingerprint density at radius 1 is 1.45 bits per heavy atom. The second-order valence-corrected chi connectivity index (χ2v) is 7.43. The number of nitrogens with zero attached hydrogens (tertiary/aromatic N) is 1. The molecule has 0 unspecified atom stereocenters. The Bertz CT molecular complexity index is 672. The van der Waals surface area contributed by atoms with Gasteiger partial charge in [-0.1, -0.05) is 18.0 Å². The van der Waals surface area contributed by atoms with Crippen LogP contribution in [0.4, 0.5) is 0 Å². The third-order valence-electron chi connectivity index (χ3n) is 4.22. The van der Waals surface area contributed by atoms with Crippen molar-refractivity contribution in [1.29, 1.82) is 0 Å². The summed E-state index contributed by atoms with van der Waals surface area (Å²) in [5.74, 6) is 0.455. The summed E-state index contributed by atoms with van der Waals surface area (Å²) < 4.78 is 1.13. The van der Waals surface area contributed by atoms with Crippen molar-refractivity contribution >= 4 is 39.1 Å². The molecule has 118 valence electrons. The Morgan fingerprint density at radius 2 is 2.32 bits per heavy atom. The molecule has 22 heavy (non-hydrogen) atoms. The number of rotatable bonds is 5. The van der Waals surface area contributed by atoms with Crippen LogP contribution in [-0.4, -0.2) is 23.5 Å². The third kappa shape index (κ3) is 3.77. The molecule has 1 heterocycles. The van der Waals surface area contributed by atoms with Gasteiger partial charge in [-0.3, -0.25) is 4.79 Å². The van der Waals surface area contributed by atoms with E-state index in [4.69, 9.17) is 17.3 Å². The van der Waals surface area contributed by atoms with Gasteiger partial charge in [-0.15, -0.1) is 11.3 Å². The van der Waals surface area contributed by atoms with E-state index in [0.717, 1.165) is 40.9 Å². The zero-order valence-electron chi connectivity index (χ0n) is 12.3. The minimum Gasteiger partial charge on any atom is -0.356 e. The summed E-state index contributed by atoms with van der Waals surface area (Å²) in [4.78, 5) is 16.5. The van der Waals surface area contributed by atoms with Gasteiger partial charge in [0.2, 0.25) is 5.91 Å². The van der Waals surface area contributed by atoms with Gasteiger partial charge >= 0.3 is 0 Å². The summed E-state index contributed by atoms with van der Waals surface area (Å²) in [6.45, 7) is 0.619. The van der Waals surface area contributed by atoms with E-state index in [1.54, 1.807) is 11.3 Å². The maximum Gasteiger partial charge on any atom is 0.220 e. The molecule has 1 aliphatic carbocycles. The maximum absolute atomic E-state index is 12.0. The fourth-order valence-corrected chi connectivity index (χ4v) is 4.11. The normalized spacial score (nSPS) is 21.4. The molecule has 0 saturated heterocycles. The highest BCUT2D eigenvalue weighted by molar-refractivity contribution is 7.18. The number of aromatic nitrogens is 1. The molecule has 4 nitrogen and oxygen atoms in total.